The summed E-state index contributed by atoms with van der Waals surface area (Å²) in [6, 6.07) is 2.98. The molecule has 0 aliphatic heterocycles. The molecule has 4 N–H and O–H groups in total. The van der Waals surface area contributed by atoms with Crippen molar-refractivity contribution in [1.29, 1.82) is 0 Å². The quantitative estimate of drug-likeness (QED) is 0.686. The van der Waals surface area contributed by atoms with Crippen molar-refractivity contribution in [1.82, 2.24) is 10.6 Å². The van der Waals surface area contributed by atoms with Crippen LogP contribution >= 0.6 is 39.7 Å². The fourth-order valence-electron chi connectivity index (χ4n) is 1.95. The van der Waals surface area contributed by atoms with Crippen LogP contribution in [0.2, 0.25) is 0 Å². The second-order valence-electron chi connectivity index (χ2n) is 4.99. The number of thiophene rings is 1. The van der Waals surface area contributed by atoms with Crippen molar-refractivity contribution in [2.45, 2.75) is 31.8 Å². The van der Waals surface area contributed by atoms with E-state index < -0.39 is 6.04 Å². The maximum atomic E-state index is 12.0. The molecule has 1 aliphatic carbocycles. The van der Waals surface area contributed by atoms with Crippen LogP contribution in [0.1, 0.15) is 29.4 Å². The van der Waals surface area contributed by atoms with Gasteiger partial charge in [-0.2, -0.15) is 0 Å². The van der Waals surface area contributed by atoms with Gasteiger partial charge < -0.3 is 16.4 Å². The molecule has 1 aliphatic rings. The molecule has 1 heterocycles. The summed E-state index contributed by atoms with van der Waals surface area (Å²) in [6.07, 6.45) is 2.23. The van der Waals surface area contributed by atoms with Gasteiger partial charge in [0.05, 0.1) is 8.66 Å². The molecular formula is C13H19BrClN3O2S. The third kappa shape index (κ3) is 5.25. The van der Waals surface area contributed by atoms with E-state index in [9.17, 15) is 9.59 Å². The summed E-state index contributed by atoms with van der Waals surface area (Å²) in [4.78, 5) is 24.6. The number of amides is 2. The summed E-state index contributed by atoms with van der Waals surface area (Å²) in [5.41, 5.74) is 5.65. The molecule has 2 atom stereocenters. The maximum Gasteiger partial charge on any atom is 0.262 e. The van der Waals surface area contributed by atoms with Crippen molar-refractivity contribution in [2.75, 3.05) is 6.54 Å². The van der Waals surface area contributed by atoms with Crippen molar-refractivity contribution in [3.8, 4) is 0 Å². The van der Waals surface area contributed by atoms with Gasteiger partial charge in [0.25, 0.3) is 5.91 Å². The van der Waals surface area contributed by atoms with Crippen LogP contribution in [0.25, 0.3) is 0 Å². The Kier molecular flexibility index (Phi) is 7.12. The van der Waals surface area contributed by atoms with E-state index in [1.165, 1.54) is 11.3 Å². The number of nitrogens with one attached hydrogen (secondary N) is 2. The standard InChI is InChI=1S/C13H18BrN3O2S.ClH/c1-7(12(18)17-9(6-15)8-2-3-8)16-13(19)10-4-5-11(14)20-10;/h4-5,7-9H,2-3,6,15H2,1H3,(H,16,19)(H,17,18);1H. The fraction of sp³-hybridized carbons (Fsp3) is 0.538. The summed E-state index contributed by atoms with van der Waals surface area (Å²) in [6.45, 7) is 2.12. The second-order valence-corrected chi connectivity index (χ2v) is 7.45. The molecule has 0 spiro atoms. The van der Waals surface area contributed by atoms with E-state index in [1.54, 1.807) is 13.0 Å². The number of hydrogen-bond donors (Lipinski definition) is 3. The molecular weight excluding hydrogens is 378 g/mol. The largest absolute Gasteiger partial charge is 0.350 e. The summed E-state index contributed by atoms with van der Waals surface area (Å²) in [7, 11) is 0. The lowest BCUT2D eigenvalue weighted by Crippen LogP contribution is -2.50. The minimum atomic E-state index is -0.573. The molecule has 5 nitrogen and oxygen atoms in total. The van der Waals surface area contributed by atoms with Gasteiger partial charge in [-0.1, -0.05) is 0 Å². The minimum absolute atomic E-state index is 0. The summed E-state index contributed by atoms with van der Waals surface area (Å²) in [5.74, 6) is 0.0792. The molecule has 1 saturated carbocycles. The van der Waals surface area contributed by atoms with E-state index in [1.807, 2.05) is 6.07 Å². The zero-order valence-electron chi connectivity index (χ0n) is 11.6. The highest BCUT2D eigenvalue weighted by atomic mass is 79.9. The van der Waals surface area contributed by atoms with Crippen LogP contribution in [-0.2, 0) is 4.79 Å². The SMILES string of the molecule is CC(NC(=O)c1ccc(Br)s1)C(=O)NC(CN)C1CC1.Cl. The highest BCUT2D eigenvalue weighted by Gasteiger charge is 2.32. The van der Waals surface area contributed by atoms with Crippen LogP contribution in [0.15, 0.2) is 15.9 Å². The number of hydrogen-bond acceptors (Lipinski definition) is 4. The Morgan fingerprint density at radius 2 is 2.10 bits per heavy atom. The lowest BCUT2D eigenvalue weighted by Gasteiger charge is -2.19. The lowest BCUT2D eigenvalue weighted by atomic mass is 10.1. The van der Waals surface area contributed by atoms with E-state index in [-0.39, 0.29) is 30.3 Å². The Labute approximate surface area is 142 Å². The minimum Gasteiger partial charge on any atom is -0.350 e. The van der Waals surface area contributed by atoms with E-state index in [4.69, 9.17) is 5.73 Å². The van der Waals surface area contributed by atoms with E-state index in [2.05, 4.69) is 26.6 Å². The summed E-state index contributed by atoms with van der Waals surface area (Å²) < 4.78 is 0.886. The first-order chi connectivity index (χ1) is 9.51. The van der Waals surface area contributed by atoms with Gasteiger partial charge in [0.15, 0.2) is 0 Å². The molecule has 0 aromatic carbocycles. The monoisotopic (exact) mass is 395 g/mol. The molecule has 0 bridgehead atoms. The van der Waals surface area contributed by atoms with Gasteiger partial charge in [-0.3, -0.25) is 9.59 Å². The Bertz CT molecular complexity index is 507. The van der Waals surface area contributed by atoms with Crippen molar-refractivity contribution < 1.29 is 9.59 Å². The van der Waals surface area contributed by atoms with Crippen molar-refractivity contribution in [2.24, 2.45) is 11.7 Å². The van der Waals surface area contributed by atoms with Crippen LogP contribution < -0.4 is 16.4 Å². The zero-order valence-corrected chi connectivity index (χ0v) is 14.8. The van der Waals surface area contributed by atoms with Crippen molar-refractivity contribution >= 4 is 51.5 Å². The number of rotatable bonds is 6. The molecule has 118 valence electrons. The first-order valence-electron chi connectivity index (χ1n) is 6.58. The highest BCUT2D eigenvalue weighted by molar-refractivity contribution is 9.11. The predicted molar refractivity (Wildman–Crippen MR) is 89.9 cm³/mol. The molecule has 2 amide bonds. The smallest absolute Gasteiger partial charge is 0.262 e. The molecule has 0 saturated heterocycles. The van der Waals surface area contributed by atoms with Crippen LogP contribution in [-0.4, -0.2) is 30.4 Å². The normalized spacial score (nSPS) is 16.5. The van der Waals surface area contributed by atoms with E-state index in [0.717, 1.165) is 16.6 Å². The molecule has 1 fully saturated rings. The first kappa shape index (κ1) is 18.4. The number of carbonyl (C=O) groups is 2. The summed E-state index contributed by atoms with van der Waals surface area (Å²) >= 11 is 4.64. The third-order valence-electron chi connectivity index (χ3n) is 3.31. The lowest BCUT2D eigenvalue weighted by molar-refractivity contribution is -0.123. The van der Waals surface area contributed by atoms with Crippen LogP contribution in [0.4, 0.5) is 0 Å². The average Bonchev–Trinajstić information content (AvgIpc) is 3.16. The molecule has 1 aromatic heterocycles. The van der Waals surface area contributed by atoms with E-state index >= 15 is 0 Å². The molecule has 21 heavy (non-hydrogen) atoms. The van der Waals surface area contributed by atoms with Crippen LogP contribution in [0, 0.1) is 5.92 Å². The van der Waals surface area contributed by atoms with Gasteiger partial charge in [0.1, 0.15) is 6.04 Å². The fourth-order valence-corrected chi connectivity index (χ4v) is 3.23. The van der Waals surface area contributed by atoms with E-state index in [0.29, 0.717) is 17.3 Å². The Morgan fingerprint density at radius 1 is 1.43 bits per heavy atom. The summed E-state index contributed by atoms with van der Waals surface area (Å²) in [5, 5.41) is 5.60. The molecule has 2 unspecified atom stereocenters. The molecule has 1 aromatic rings. The first-order valence-corrected chi connectivity index (χ1v) is 8.19. The topological polar surface area (TPSA) is 84.2 Å². The molecule has 0 radical (unpaired) electrons. The number of nitrogens with two attached hydrogens (primary N) is 1. The van der Waals surface area contributed by atoms with Gasteiger partial charge in [-0.15, -0.1) is 23.7 Å². The number of halogens is 2. The second kappa shape index (κ2) is 8.12. The van der Waals surface area contributed by atoms with Crippen molar-refractivity contribution in [3.05, 3.63) is 20.8 Å². The van der Waals surface area contributed by atoms with Crippen molar-refractivity contribution in [3.63, 3.8) is 0 Å². The average molecular weight is 397 g/mol. The Hall–Kier alpha value is -0.630. The number of carbonyl (C=O) groups excluding carboxylic acids is 2. The molecule has 2 rings (SSSR count). The van der Waals surface area contributed by atoms with Crippen LogP contribution in [0.5, 0.6) is 0 Å². The van der Waals surface area contributed by atoms with Crippen LogP contribution in [0.3, 0.4) is 0 Å². The van der Waals surface area contributed by atoms with Gasteiger partial charge in [-0.05, 0) is 53.7 Å². The third-order valence-corrected chi connectivity index (χ3v) is 4.93. The molecule has 8 heteroatoms. The van der Waals surface area contributed by atoms with Gasteiger partial charge >= 0.3 is 0 Å². The highest BCUT2D eigenvalue weighted by Crippen LogP contribution is 2.32. The van der Waals surface area contributed by atoms with Gasteiger partial charge in [0.2, 0.25) is 5.91 Å². The zero-order chi connectivity index (χ0) is 14.7. The van der Waals surface area contributed by atoms with Gasteiger partial charge in [-0.25, -0.2) is 0 Å². The Morgan fingerprint density at radius 3 is 2.57 bits per heavy atom. The Balaban J connectivity index is 0.00000220. The maximum absolute atomic E-state index is 12.0. The predicted octanol–water partition coefficient (Wildman–Crippen LogP) is 1.90. The van der Waals surface area contributed by atoms with Gasteiger partial charge in [0, 0.05) is 12.6 Å².